The van der Waals surface area contributed by atoms with Crippen molar-refractivity contribution >= 4 is 11.8 Å². The van der Waals surface area contributed by atoms with Crippen LogP contribution in [0.5, 0.6) is 5.75 Å². The van der Waals surface area contributed by atoms with Crippen LogP contribution >= 0.6 is 0 Å². The molecule has 0 saturated carbocycles. The second-order valence-electron chi connectivity index (χ2n) is 5.14. The zero-order valence-corrected chi connectivity index (χ0v) is 12.8. The molecule has 0 aliphatic carbocycles. The van der Waals surface area contributed by atoms with Gasteiger partial charge in [0.25, 0.3) is 0 Å². The highest BCUT2D eigenvalue weighted by molar-refractivity contribution is 5.85. The fourth-order valence-corrected chi connectivity index (χ4v) is 2.21. The Morgan fingerprint density at radius 2 is 1.75 bits per heavy atom. The van der Waals surface area contributed by atoms with Crippen molar-refractivity contribution in [2.75, 3.05) is 5.32 Å². The highest BCUT2D eigenvalue weighted by Gasteiger charge is 2.07. The van der Waals surface area contributed by atoms with Crippen molar-refractivity contribution in [1.29, 1.82) is 0 Å². The van der Waals surface area contributed by atoms with Gasteiger partial charge in [-0.15, -0.1) is 0 Å². The average molecular weight is 320 g/mol. The third-order valence-electron chi connectivity index (χ3n) is 3.40. The van der Waals surface area contributed by atoms with E-state index in [1.165, 1.54) is 0 Å². The molecule has 120 valence electrons. The van der Waals surface area contributed by atoms with E-state index < -0.39 is 6.09 Å². The number of amides is 1. The minimum atomic E-state index is -0.521. The number of ether oxygens (including phenoxy) is 1. The van der Waals surface area contributed by atoms with Gasteiger partial charge in [-0.05, 0) is 29.8 Å². The molecule has 0 atom stereocenters. The summed E-state index contributed by atoms with van der Waals surface area (Å²) in [6, 6.07) is 19.7. The van der Waals surface area contributed by atoms with E-state index >= 15 is 0 Å². The molecule has 0 unspecified atom stereocenters. The van der Waals surface area contributed by atoms with Crippen LogP contribution in [0.1, 0.15) is 5.56 Å². The molecule has 0 spiro atoms. The van der Waals surface area contributed by atoms with Crippen LogP contribution in [0.25, 0.3) is 11.3 Å². The maximum absolute atomic E-state index is 11.8. The number of benzene rings is 2. The summed E-state index contributed by atoms with van der Waals surface area (Å²) in [5.74, 6) is 0.112. The molecule has 24 heavy (non-hydrogen) atoms. The Hall–Kier alpha value is -3.34. The van der Waals surface area contributed by atoms with Crippen LogP contribution < -0.4 is 5.32 Å². The summed E-state index contributed by atoms with van der Waals surface area (Å²) in [7, 11) is 0. The first-order valence-corrected chi connectivity index (χ1v) is 7.44. The quantitative estimate of drug-likeness (QED) is 0.755. The van der Waals surface area contributed by atoms with E-state index in [1.54, 1.807) is 42.6 Å². The summed E-state index contributed by atoms with van der Waals surface area (Å²) in [6.07, 6.45) is 1.09. The summed E-state index contributed by atoms with van der Waals surface area (Å²) >= 11 is 0. The van der Waals surface area contributed by atoms with Crippen molar-refractivity contribution in [3.63, 3.8) is 0 Å². The molecule has 1 aromatic heterocycles. The molecule has 0 aliphatic rings. The van der Waals surface area contributed by atoms with Crippen molar-refractivity contribution in [3.05, 3.63) is 78.5 Å². The predicted molar refractivity (Wildman–Crippen MR) is 91.6 cm³/mol. The lowest BCUT2D eigenvalue weighted by molar-refractivity contribution is 0.155. The predicted octanol–water partition coefficient (Wildman–Crippen LogP) is 4.20. The second-order valence-corrected chi connectivity index (χ2v) is 5.14. The first kappa shape index (κ1) is 15.6. The zero-order valence-electron chi connectivity index (χ0n) is 12.8. The second kappa shape index (κ2) is 7.28. The molecule has 2 N–H and O–H groups in total. The van der Waals surface area contributed by atoms with Gasteiger partial charge in [0, 0.05) is 17.4 Å². The zero-order chi connectivity index (χ0) is 16.8. The Labute approximate surface area is 139 Å². The van der Waals surface area contributed by atoms with E-state index in [0.29, 0.717) is 11.4 Å². The van der Waals surface area contributed by atoms with Crippen molar-refractivity contribution in [2.45, 2.75) is 6.61 Å². The minimum Gasteiger partial charge on any atom is -0.506 e. The molecule has 0 bridgehead atoms. The Bertz CT molecular complexity index is 818. The van der Waals surface area contributed by atoms with Crippen LogP contribution in [0.3, 0.4) is 0 Å². The van der Waals surface area contributed by atoms with Gasteiger partial charge >= 0.3 is 6.09 Å². The largest absolute Gasteiger partial charge is 0.506 e. The number of hydrogen-bond donors (Lipinski definition) is 2. The summed E-state index contributed by atoms with van der Waals surface area (Å²) < 4.78 is 5.16. The van der Waals surface area contributed by atoms with Gasteiger partial charge in [-0.25, -0.2) is 4.79 Å². The maximum atomic E-state index is 11.8. The lowest BCUT2D eigenvalue weighted by atomic mass is 10.1. The van der Waals surface area contributed by atoms with Gasteiger partial charge < -0.3 is 9.84 Å². The number of nitrogens with one attached hydrogen (secondary N) is 1. The van der Waals surface area contributed by atoms with E-state index in [-0.39, 0.29) is 12.4 Å². The maximum Gasteiger partial charge on any atom is 0.411 e. The van der Waals surface area contributed by atoms with Crippen molar-refractivity contribution < 1.29 is 14.6 Å². The van der Waals surface area contributed by atoms with E-state index in [2.05, 4.69) is 10.3 Å². The molecular formula is C19H16N2O3. The van der Waals surface area contributed by atoms with Gasteiger partial charge in [0.05, 0.1) is 0 Å². The number of nitrogens with zero attached hydrogens (tertiary/aromatic N) is 1. The molecule has 3 rings (SSSR count). The normalized spacial score (nSPS) is 10.2. The Balaban J connectivity index is 1.60. The Kier molecular flexibility index (Phi) is 4.72. The lowest BCUT2D eigenvalue weighted by Gasteiger charge is -2.08. The third kappa shape index (κ3) is 3.89. The summed E-state index contributed by atoms with van der Waals surface area (Å²) in [6.45, 7) is 0.215. The number of aromatic nitrogens is 1. The molecule has 0 saturated heterocycles. The number of hydrogen-bond acceptors (Lipinski definition) is 4. The highest BCUT2D eigenvalue weighted by Crippen LogP contribution is 2.27. The van der Waals surface area contributed by atoms with Crippen LogP contribution in [0, 0.1) is 0 Å². The van der Waals surface area contributed by atoms with Crippen LogP contribution in [-0.4, -0.2) is 16.2 Å². The van der Waals surface area contributed by atoms with Gasteiger partial charge in [-0.3, -0.25) is 10.3 Å². The molecule has 3 aromatic rings. The summed E-state index contributed by atoms with van der Waals surface area (Å²) in [4.78, 5) is 15.9. The van der Waals surface area contributed by atoms with Crippen molar-refractivity contribution in [1.82, 2.24) is 4.98 Å². The first-order chi connectivity index (χ1) is 11.7. The Morgan fingerprint density at radius 3 is 2.46 bits per heavy atom. The van der Waals surface area contributed by atoms with Gasteiger partial charge in [0.15, 0.2) is 0 Å². The minimum absolute atomic E-state index is 0.112. The SMILES string of the molecule is O=C(Nc1ccc(-c2ncccc2O)cc1)OCc1ccccc1. The van der Waals surface area contributed by atoms with Gasteiger partial charge in [0.2, 0.25) is 0 Å². The van der Waals surface area contributed by atoms with Crippen molar-refractivity contribution in [2.24, 2.45) is 0 Å². The number of aromatic hydroxyl groups is 1. The number of anilines is 1. The smallest absolute Gasteiger partial charge is 0.411 e. The molecule has 5 nitrogen and oxygen atoms in total. The van der Waals surface area contributed by atoms with E-state index in [9.17, 15) is 9.90 Å². The van der Waals surface area contributed by atoms with Gasteiger partial charge in [0.1, 0.15) is 18.1 Å². The van der Waals surface area contributed by atoms with E-state index in [0.717, 1.165) is 11.1 Å². The number of carbonyl (C=O) groups excluding carboxylic acids is 1. The summed E-state index contributed by atoms with van der Waals surface area (Å²) in [5, 5.41) is 12.5. The molecule has 1 amide bonds. The summed E-state index contributed by atoms with van der Waals surface area (Å²) in [5.41, 5.74) is 2.79. The highest BCUT2D eigenvalue weighted by atomic mass is 16.5. The fourth-order valence-electron chi connectivity index (χ4n) is 2.21. The Morgan fingerprint density at radius 1 is 1.00 bits per heavy atom. The molecule has 0 aliphatic heterocycles. The standard InChI is InChI=1S/C19H16N2O3/c22-17-7-4-12-20-18(17)15-8-10-16(11-9-15)21-19(23)24-13-14-5-2-1-3-6-14/h1-12,22H,13H2,(H,21,23). The topological polar surface area (TPSA) is 71.5 Å². The van der Waals surface area contributed by atoms with E-state index in [1.807, 2.05) is 30.3 Å². The monoisotopic (exact) mass is 320 g/mol. The van der Waals surface area contributed by atoms with Crippen LogP contribution in [0.4, 0.5) is 10.5 Å². The number of carbonyl (C=O) groups is 1. The fraction of sp³-hybridized carbons (Fsp3) is 0.0526. The van der Waals surface area contributed by atoms with Crippen LogP contribution in [0.15, 0.2) is 72.9 Å². The molecule has 1 heterocycles. The first-order valence-electron chi connectivity index (χ1n) is 7.44. The van der Waals surface area contributed by atoms with E-state index in [4.69, 9.17) is 4.74 Å². The average Bonchev–Trinajstić information content (AvgIpc) is 2.62. The molecule has 5 heteroatoms. The number of rotatable bonds is 4. The third-order valence-corrected chi connectivity index (χ3v) is 3.40. The molecular weight excluding hydrogens is 304 g/mol. The molecule has 2 aromatic carbocycles. The molecule has 0 radical (unpaired) electrons. The number of pyridine rings is 1. The lowest BCUT2D eigenvalue weighted by Crippen LogP contribution is -2.13. The van der Waals surface area contributed by atoms with Gasteiger partial charge in [-0.2, -0.15) is 0 Å². The van der Waals surface area contributed by atoms with Crippen molar-refractivity contribution in [3.8, 4) is 17.0 Å². The van der Waals surface area contributed by atoms with Crippen LogP contribution in [0.2, 0.25) is 0 Å². The molecule has 0 fully saturated rings. The van der Waals surface area contributed by atoms with Crippen LogP contribution in [-0.2, 0) is 11.3 Å². The van der Waals surface area contributed by atoms with Gasteiger partial charge in [-0.1, -0.05) is 42.5 Å².